The Bertz CT molecular complexity index is 696. The third-order valence-corrected chi connectivity index (χ3v) is 2.72. The molecule has 0 aliphatic carbocycles. The second-order valence-electron chi connectivity index (χ2n) is 4.22. The molecule has 2 aromatic carbocycles. The van der Waals surface area contributed by atoms with Gasteiger partial charge in [-0.2, -0.15) is 0 Å². The largest absolute Gasteiger partial charge is 0.506 e. The van der Waals surface area contributed by atoms with Gasteiger partial charge < -0.3 is 10.2 Å². The fourth-order valence-electron chi connectivity index (χ4n) is 1.68. The van der Waals surface area contributed by atoms with E-state index in [9.17, 15) is 20.3 Å². The number of phenols is 2. The Hall–Kier alpha value is -2.89. The molecule has 0 atom stereocenters. The lowest BCUT2D eigenvalue weighted by molar-refractivity contribution is -0.385. The van der Waals surface area contributed by atoms with Crippen LogP contribution < -0.4 is 0 Å². The Morgan fingerprint density at radius 3 is 2.70 bits per heavy atom. The van der Waals surface area contributed by atoms with Gasteiger partial charge in [0.15, 0.2) is 0 Å². The maximum atomic E-state index is 10.7. The van der Waals surface area contributed by atoms with Crippen molar-refractivity contribution in [2.24, 2.45) is 4.99 Å². The van der Waals surface area contributed by atoms with E-state index in [1.165, 1.54) is 30.5 Å². The van der Waals surface area contributed by atoms with Gasteiger partial charge in [0.25, 0.3) is 0 Å². The topological polar surface area (TPSA) is 96.0 Å². The maximum Gasteiger partial charge on any atom is 0.311 e. The lowest BCUT2D eigenvalue weighted by atomic mass is 10.2. The number of aliphatic imine (C=N–C) groups is 1. The molecule has 0 amide bonds. The number of nitro benzene ring substituents is 1. The average Bonchev–Trinajstić information content (AvgIpc) is 2.41. The van der Waals surface area contributed by atoms with Gasteiger partial charge in [-0.25, -0.2) is 0 Å². The molecule has 6 heteroatoms. The second-order valence-corrected chi connectivity index (χ2v) is 4.22. The summed E-state index contributed by atoms with van der Waals surface area (Å²) in [6.45, 7) is 1.85. The summed E-state index contributed by atoms with van der Waals surface area (Å²) in [6.07, 6.45) is 1.27. The van der Waals surface area contributed by atoms with E-state index in [1.54, 1.807) is 12.1 Å². The van der Waals surface area contributed by atoms with E-state index in [-0.39, 0.29) is 17.0 Å². The highest BCUT2D eigenvalue weighted by Crippen LogP contribution is 2.30. The van der Waals surface area contributed by atoms with E-state index >= 15 is 0 Å². The highest BCUT2D eigenvalue weighted by atomic mass is 16.6. The van der Waals surface area contributed by atoms with Crippen LogP contribution in [0, 0.1) is 17.0 Å². The number of aromatic hydroxyl groups is 2. The van der Waals surface area contributed by atoms with Crippen molar-refractivity contribution in [1.29, 1.82) is 0 Å². The maximum absolute atomic E-state index is 10.7. The molecule has 0 saturated carbocycles. The molecule has 0 aromatic heterocycles. The van der Waals surface area contributed by atoms with Crippen LogP contribution in [0.4, 0.5) is 11.4 Å². The summed E-state index contributed by atoms with van der Waals surface area (Å²) in [6, 6.07) is 9.07. The number of aryl methyl sites for hydroxylation is 1. The molecule has 0 saturated heterocycles. The SMILES string of the molecule is Cc1ccc(O)c(/N=C/c2cccc([N+](=O)[O-])c2O)c1. The zero-order valence-corrected chi connectivity index (χ0v) is 10.6. The van der Waals surface area contributed by atoms with Crippen LogP contribution in [0.1, 0.15) is 11.1 Å². The number of nitrogens with zero attached hydrogens (tertiary/aromatic N) is 2. The standard InChI is InChI=1S/C14H12N2O4/c1-9-5-6-13(17)11(7-9)15-8-10-3-2-4-12(14(10)18)16(19)20/h2-8,17-18H,1H3/b15-8+. The summed E-state index contributed by atoms with van der Waals surface area (Å²) in [5.74, 6) is -0.454. The monoisotopic (exact) mass is 272 g/mol. The Balaban J connectivity index is 2.39. The summed E-state index contributed by atoms with van der Waals surface area (Å²) in [5, 5.41) is 30.1. The molecule has 0 aliphatic heterocycles. The van der Waals surface area contributed by atoms with Crippen LogP contribution in [0.2, 0.25) is 0 Å². The predicted octanol–water partition coefficient (Wildman–Crippen LogP) is 3.07. The number of nitro groups is 1. The van der Waals surface area contributed by atoms with E-state index in [4.69, 9.17) is 0 Å². The van der Waals surface area contributed by atoms with Gasteiger partial charge in [-0.15, -0.1) is 0 Å². The first-order chi connectivity index (χ1) is 9.49. The van der Waals surface area contributed by atoms with Crippen LogP contribution in [0.25, 0.3) is 0 Å². The fraction of sp³-hybridized carbons (Fsp3) is 0.0714. The third kappa shape index (κ3) is 2.74. The van der Waals surface area contributed by atoms with Crippen LogP contribution in [0.15, 0.2) is 41.4 Å². The van der Waals surface area contributed by atoms with Crippen LogP contribution in [0.5, 0.6) is 11.5 Å². The molecule has 6 nitrogen and oxygen atoms in total. The summed E-state index contributed by atoms with van der Waals surface area (Å²) < 4.78 is 0. The number of hydrogen-bond donors (Lipinski definition) is 2. The van der Waals surface area contributed by atoms with Gasteiger partial charge in [0.1, 0.15) is 11.4 Å². The first kappa shape index (κ1) is 13.5. The van der Waals surface area contributed by atoms with Crippen molar-refractivity contribution < 1.29 is 15.1 Å². The van der Waals surface area contributed by atoms with Crippen LogP contribution in [-0.4, -0.2) is 21.4 Å². The molecule has 102 valence electrons. The minimum atomic E-state index is -0.670. The number of para-hydroxylation sites is 1. The quantitative estimate of drug-likeness (QED) is 0.510. The minimum Gasteiger partial charge on any atom is -0.506 e. The molecule has 2 N–H and O–H groups in total. The molecule has 0 spiro atoms. The smallest absolute Gasteiger partial charge is 0.311 e. The number of benzene rings is 2. The molecule has 0 bridgehead atoms. The van der Waals surface area contributed by atoms with Crippen molar-refractivity contribution in [2.45, 2.75) is 6.92 Å². The highest BCUT2D eigenvalue weighted by Gasteiger charge is 2.15. The van der Waals surface area contributed by atoms with E-state index in [2.05, 4.69) is 4.99 Å². The van der Waals surface area contributed by atoms with Crippen LogP contribution in [0.3, 0.4) is 0 Å². The summed E-state index contributed by atoms with van der Waals surface area (Å²) in [4.78, 5) is 14.1. The van der Waals surface area contributed by atoms with Crippen molar-refractivity contribution in [3.63, 3.8) is 0 Å². The van der Waals surface area contributed by atoms with Gasteiger partial charge in [-0.3, -0.25) is 15.1 Å². The first-order valence-corrected chi connectivity index (χ1v) is 5.79. The highest BCUT2D eigenvalue weighted by molar-refractivity contribution is 5.87. The normalized spacial score (nSPS) is 10.8. The van der Waals surface area contributed by atoms with Gasteiger partial charge in [0, 0.05) is 17.8 Å². The molecule has 0 radical (unpaired) electrons. The minimum absolute atomic E-state index is 0.00299. The van der Waals surface area contributed by atoms with Crippen molar-refractivity contribution in [3.05, 3.63) is 57.6 Å². The summed E-state index contributed by atoms with van der Waals surface area (Å²) >= 11 is 0. The van der Waals surface area contributed by atoms with Crippen molar-refractivity contribution >= 4 is 17.6 Å². The first-order valence-electron chi connectivity index (χ1n) is 5.79. The zero-order chi connectivity index (χ0) is 14.7. The average molecular weight is 272 g/mol. The van der Waals surface area contributed by atoms with E-state index in [0.29, 0.717) is 5.69 Å². The van der Waals surface area contributed by atoms with E-state index in [0.717, 1.165) is 5.56 Å². The Morgan fingerprint density at radius 1 is 1.25 bits per heavy atom. The van der Waals surface area contributed by atoms with Gasteiger partial charge in [0.2, 0.25) is 5.75 Å². The van der Waals surface area contributed by atoms with E-state index < -0.39 is 10.7 Å². The molecule has 0 heterocycles. The summed E-state index contributed by atoms with van der Waals surface area (Å²) in [5.41, 5.74) is 1.07. The molecule has 0 fully saturated rings. The lowest BCUT2D eigenvalue weighted by Crippen LogP contribution is -1.91. The van der Waals surface area contributed by atoms with Crippen molar-refractivity contribution in [2.75, 3.05) is 0 Å². The molecular weight excluding hydrogens is 260 g/mol. The molecule has 20 heavy (non-hydrogen) atoms. The molecule has 0 unspecified atom stereocenters. The Morgan fingerprint density at radius 2 is 2.00 bits per heavy atom. The lowest BCUT2D eigenvalue weighted by Gasteiger charge is -2.01. The Kier molecular flexibility index (Phi) is 3.65. The van der Waals surface area contributed by atoms with Gasteiger partial charge in [0.05, 0.1) is 4.92 Å². The van der Waals surface area contributed by atoms with Crippen molar-refractivity contribution in [1.82, 2.24) is 0 Å². The van der Waals surface area contributed by atoms with Gasteiger partial charge in [-0.05, 0) is 30.7 Å². The van der Waals surface area contributed by atoms with Gasteiger partial charge in [-0.1, -0.05) is 12.1 Å². The fourth-order valence-corrected chi connectivity index (χ4v) is 1.68. The summed E-state index contributed by atoms with van der Waals surface area (Å²) in [7, 11) is 0. The zero-order valence-electron chi connectivity index (χ0n) is 10.6. The molecule has 0 aliphatic rings. The molecular formula is C14H12N2O4. The second kappa shape index (κ2) is 5.40. The van der Waals surface area contributed by atoms with Gasteiger partial charge >= 0.3 is 5.69 Å². The number of phenolic OH excluding ortho intramolecular Hbond substituents is 2. The van der Waals surface area contributed by atoms with Crippen LogP contribution in [-0.2, 0) is 0 Å². The Labute approximate surface area is 114 Å². The number of rotatable bonds is 3. The van der Waals surface area contributed by atoms with Crippen molar-refractivity contribution in [3.8, 4) is 11.5 Å². The number of hydrogen-bond acceptors (Lipinski definition) is 5. The predicted molar refractivity (Wildman–Crippen MR) is 74.9 cm³/mol. The van der Waals surface area contributed by atoms with Crippen LogP contribution >= 0.6 is 0 Å². The van der Waals surface area contributed by atoms with E-state index in [1.807, 2.05) is 6.92 Å². The molecule has 2 rings (SSSR count). The third-order valence-electron chi connectivity index (χ3n) is 2.72. The molecule has 2 aromatic rings.